The molecule has 0 amide bonds. The van der Waals surface area contributed by atoms with Crippen molar-refractivity contribution < 1.29 is 0 Å². The van der Waals surface area contributed by atoms with Gasteiger partial charge in [-0.1, -0.05) is 30.8 Å². The highest BCUT2D eigenvalue weighted by Gasteiger charge is 1.86. The summed E-state index contributed by atoms with van der Waals surface area (Å²) in [4.78, 5) is 0.951. The van der Waals surface area contributed by atoms with Crippen LogP contribution in [0.3, 0.4) is 0 Å². The molecule has 0 unspecified atom stereocenters. The van der Waals surface area contributed by atoms with Gasteiger partial charge in [0.2, 0.25) is 0 Å². The van der Waals surface area contributed by atoms with Gasteiger partial charge in [-0.3, -0.25) is 0 Å². The standard InChI is InChI=1S/C7H7S/c1-6-4-2-3-5-7(6)8/h2-5H,1H3. The highest BCUT2D eigenvalue weighted by molar-refractivity contribution is 7.80. The Morgan fingerprint density at radius 1 is 1.25 bits per heavy atom. The van der Waals surface area contributed by atoms with Crippen LogP contribution >= 0.6 is 12.6 Å². The lowest BCUT2D eigenvalue weighted by molar-refractivity contribution is 1.31. The number of benzene rings is 1. The second-order valence-corrected chi connectivity index (χ2v) is 2.21. The minimum Gasteiger partial charge on any atom is -0.0798 e. The van der Waals surface area contributed by atoms with Crippen LogP contribution in [-0.4, -0.2) is 0 Å². The van der Waals surface area contributed by atoms with Crippen molar-refractivity contribution in [2.45, 2.75) is 11.8 Å². The molecule has 1 heteroatoms. The SMILES string of the molecule is Cc1ccccc1[S]. The Morgan fingerprint density at radius 2 is 1.88 bits per heavy atom. The zero-order chi connectivity index (χ0) is 5.98. The molecule has 0 aliphatic rings. The first kappa shape index (κ1) is 5.57. The van der Waals surface area contributed by atoms with Gasteiger partial charge in [0, 0.05) is 4.90 Å². The van der Waals surface area contributed by atoms with Gasteiger partial charge >= 0.3 is 0 Å². The van der Waals surface area contributed by atoms with E-state index in [-0.39, 0.29) is 0 Å². The Kier molecular flexibility index (Phi) is 1.49. The largest absolute Gasteiger partial charge is 0.0798 e. The lowest BCUT2D eigenvalue weighted by Crippen LogP contribution is -1.70. The van der Waals surface area contributed by atoms with Crippen LogP contribution in [0.1, 0.15) is 5.56 Å². The van der Waals surface area contributed by atoms with Crippen LogP contribution in [0.15, 0.2) is 29.2 Å². The van der Waals surface area contributed by atoms with E-state index in [1.54, 1.807) is 0 Å². The molecule has 0 fully saturated rings. The highest BCUT2D eigenvalue weighted by Crippen LogP contribution is 2.09. The molecule has 0 nitrogen and oxygen atoms in total. The summed E-state index contributed by atoms with van der Waals surface area (Å²) in [5.74, 6) is 0. The molecule has 1 rings (SSSR count). The maximum absolute atomic E-state index is 4.95. The molecule has 1 radical (unpaired) electrons. The third-order valence-corrected chi connectivity index (χ3v) is 1.55. The van der Waals surface area contributed by atoms with Crippen LogP contribution in [0.25, 0.3) is 0 Å². The zero-order valence-corrected chi connectivity index (χ0v) is 5.53. The maximum atomic E-state index is 4.95. The van der Waals surface area contributed by atoms with E-state index in [0.29, 0.717) is 0 Å². The van der Waals surface area contributed by atoms with E-state index in [2.05, 4.69) is 0 Å². The zero-order valence-electron chi connectivity index (χ0n) is 4.72. The predicted octanol–water partition coefficient (Wildman–Crippen LogP) is 2.55. The number of rotatable bonds is 0. The second kappa shape index (κ2) is 2.14. The molecule has 0 saturated heterocycles. The Morgan fingerprint density at radius 3 is 2.25 bits per heavy atom. The molecular weight excluding hydrogens is 116 g/mol. The summed E-state index contributed by atoms with van der Waals surface area (Å²) in [5.41, 5.74) is 1.18. The molecule has 8 heavy (non-hydrogen) atoms. The van der Waals surface area contributed by atoms with Gasteiger partial charge in [-0.05, 0) is 18.6 Å². The normalized spacial score (nSPS) is 9.12. The molecule has 41 valence electrons. The van der Waals surface area contributed by atoms with Crippen molar-refractivity contribution in [2.24, 2.45) is 0 Å². The third kappa shape index (κ3) is 0.984. The molecule has 0 aliphatic carbocycles. The predicted molar refractivity (Wildman–Crippen MR) is 37.0 cm³/mol. The monoisotopic (exact) mass is 123 g/mol. The highest BCUT2D eigenvalue weighted by atomic mass is 32.1. The fourth-order valence-electron chi connectivity index (χ4n) is 0.556. The quantitative estimate of drug-likeness (QED) is 0.497. The third-order valence-electron chi connectivity index (χ3n) is 1.09. The molecule has 0 heterocycles. The summed E-state index contributed by atoms with van der Waals surface area (Å²) in [7, 11) is 0. The molecule has 0 N–H and O–H groups in total. The summed E-state index contributed by atoms with van der Waals surface area (Å²) in [6.07, 6.45) is 0. The van der Waals surface area contributed by atoms with Gasteiger partial charge in [0.25, 0.3) is 0 Å². The van der Waals surface area contributed by atoms with Crippen LogP contribution in [0, 0.1) is 6.92 Å². The Balaban J connectivity index is 3.13. The molecular formula is C7H7S. The van der Waals surface area contributed by atoms with Crippen molar-refractivity contribution in [3.05, 3.63) is 29.8 Å². The molecule has 0 spiro atoms. The van der Waals surface area contributed by atoms with E-state index < -0.39 is 0 Å². The van der Waals surface area contributed by atoms with Gasteiger partial charge in [-0.25, -0.2) is 0 Å². The van der Waals surface area contributed by atoms with Gasteiger partial charge in [0.15, 0.2) is 0 Å². The molecule has 0 aliphatic heterocycles. The fraction of sp³-hybridized carbons (Fsp3) is 0.143. The molecule has 0 aromatic heterocycles. The minimum atomic E-state index is 0.951. The van der Waals surface area contributed by atoms with E-state index in [9.17, 15) is 0 Å². The van der Waals surface area contributed by atoms with E-state index in [0.717, 1.165) is 4.90 Å². The van der Waals surface area contributed by atoms with Gasteiger partial charge in [-0.2, -0.15) is 0 Å². The Labute approximate surface area is 55.0 Å². The number of aryl methyl sites for hydroxylation is 1. The maximum Gasteiger partial charge on any atom is 0.0406 e. The number of hydrogen-bond donors (Lipinski definition) is 0. The Hall–Kier alpha value is -0.560. The van der Waals surface area contributed by atoms with Crippen molar-refractivity contribution in [3.8, 4) is 0 Å². The van der Waals surface area contributed by atoms with Crippen LogP contribution in [0.4, 0.5) is 0 Å². The van der Waals surface area contributed by atoms with Crippen LogP contribution in [0.5, 0.6) is 0 Å². The summed E-state index contributed by atoms with van der Waals surface area (Å²) >= 11 is 4.95. The fourth-order valence-corrected chi connectivity index (χ4v) is 0.703. The Bertz CT molecular complexity index is 160. The van der Waals surface area contributed by atoms with Crippen LogP contribution < -0.4 is 0 Å². The summed E-state index contributed by atoms with van der Waals surface area (Å²) in [6, 6.07) is 7.90. The lowest BCUT2D eigenvalue weighted by Gasteiger charge is -1.91. The molecule has 0 atom stereocenters. The van der Waals surface area contributed by atoms with Crippen LogP contribution in [0.2, 0.25) is 0 Å². The van der Waals surface area contributed by atoms with E-state index in [4.69, 9.17) is 12.6 Å². The molecule has 1 aromatic carbocycles. The average Bonchev–Trinajstić information content (AvgIpc) is 1.77. The van der Waals surface area contributed by atoms with E-state index in [1.165, 1.54) is 5.56 Å². The van der Waals surface area contributed by atoms with Crippen molar-refractivity contribution in [2.75, 3.05) is 0 Å². The van der Waals surface area contributed by atoms with Crippen molar-refractivity contribution in [3.63, 3.8) is 0 Å². The van der Waals surface area contributed by atoms with E-state index in [1.807, 2.05) is 31.2 Å². The topological polar surface area (TPSA) is 0 Å². The minimum absolute atomic E-state index is 0.951. The summed E-state index contributed by atoms with van der Waals surface area (Å²) < 4.78 is 0. The smallest absolute Gasteiger partial charge is 0.0406 e. The molecule has 1 aromatic rings. The van der Waals surface area contributed by atoms with Crippen molar-refractivity contribution >= 4 is 12.6 Å². The van der Waals surface area contributed by atoms with Crippen molar-refractivity contribution in [1.29, 1.82) is 0 Å². The van der Waals surface area contributed by atoms with Gasteiger partial charge in [-0.15, -0.1) is 0 Å². The number of hydrogen-bond acceptors (Lipinski definition) is 0. The van der Waals surface area contributed by atoms with Gasteiger partial charge in [0.05, 0.1) is 0 Å². The van der Waals surface area contributed by atoms with Gasteiger partial charge in [0.1, 0.15) is 0 Å². The second-order valence-electron chi connectivity index (χ2n) is 1.77. The first-order valence-corrected chi connectivity index (χ1v) is 2.94. The van der Waals surface area contributed by atoms with Crippen LogP contribution in [-0.2, 0) is 0 Å². The molecule has 0 bridgehead atoms. The summed E-state index contributed by atoms with van der Waals surface area (Å²) in [5, 5.41) is 0. The molecule has 0 saturated carbocycles. The average molecular weight is 123 g/mol. The van der Waals surface area contributed by atoms with E-state index >= 15 is 0 Å². The lowest BCUT2D eigenvalue weighted by atomic mass is 10.2. The first-order valence-electron chi connectivity index (χ1n) is 2.53. The summed E-state index contributed by atoms with van der Waals surface area (Å²) in [6.45, 7) is 2.02. The van der Waals surface area contributed by atoms with Gasteiger partial charge < -0.3 is 0 Å². The van der Waals surface area contributed by atoms with Crippen molar-refractivity contribution in [1.82, 2.24) is 0 Å². The first-order chi connectivity index (χ1) is 3.80.